The summed E-state index contributed by atoms with van der Waals surface area (Å²) in [6, 6.07) is 9.72. The quantitative estimate of drug-likeness (QED) is 0.465. The molecule has 1 aliphatic heterocycles. The van der Waals surface area contributed by atoms with Crippen LogP contribution in [0.5, 0.6) is 11.5 Å². The number of phenols is 2. The van der Waals surface area contributed by atoms with E-state index < -0.39 is 0 Å². The Bertz CT molecular complexity index is 881. The highest BCUT2D eigenvalue weighted by atomic mass is 35.5. The van der Waals surface area contributed by atoms with Gasteiger partial charge in [-0.15, -0.1) is 0 Å². The fraction of sp³-hybridized carbons (Fsp3) is 0.435. The highest BCUT2D eigenvalue weighted by molar-refractivity contribution is 7.80. The molecule has 0 aliphatic carbocycles. The number of halogens is 1. The third-order valence-electron chi connectivity index (χ3n) is 5.51. The molecule has 1 aliphatic rings. The van der Waals surface area contributed by atoms with Crippen LogP contribution in [0, 0.1) is 12.8 Å². The lowest BCUT2D eigenvalue weighted by Gasteiger charge is -2.41. The number of fused-ring (bicyclic) bond motifs is 1. The molecule has 0 amide bonds. The maximum atomic E-state index is 10.00. The predicted molar refractivity (Wildman–Crippen MR) is 119 cm³/mol. The maximum absolute atomic E-state index is 10.00. The van der Waals surface area contributed by atoms with E-state index in [1.54, 1.807) is 12.1 Å². The van der Waals surface area contributed by atoms with Gasteiger partial charge in [-0.05, 0) is 79.0 Å². The summed E-state index contributed by atoms with van der Waals surface area (Å²) in [4.78, 5) is 3.26. The zero-order chi connectivity index (χ0) is 20.4. The minimum atomic E-state index is -0.0637. The number of phenolic OH excluding ortho intramolecular Hbond substituents is 2. The molecule has 0 fully saturated rings. The van der Waals surface area contributed by atoms with Gasteiger partial charge in [0, 0.05) is 11.6 Å². The zero-order valence-electron chi connectivity index (χ0n) is 16.7. The van der Waals surface area contributed by atoms with E-state index in [1.165, 1.54) is 11.1 Å². The standard InChI is InChI=1S/C23H28ClNO2S/c1-14(2)23-18-13-21(27)20(26)12-17(18)9-10-25(23)22(28)6-4-5-16-8-7-15(3)11-19(16)24/h7-8,11-14,23,26-27H,4-6,9-10H2,1-3H3. The molecule has 0 spiro atoms. The van der Waals surface area contributed by atoms with Crippen LogP contribution in [-0.4, -0.2) is 26.6 Å². The predicted octanol–water partition coefficient (Wildman–Crippen LogP) is 5.97. The monoisotopic (exact) mass is 417 g/mol. The summed E-state index contributed by atoms with van der Waals surface area (Å²) in [6.45, 7) is 7.23. The van der Waals surface area contributed by atoms with Crippen LogP contribution in [0.3, 0.4) is 0 Å². The second-order valence-corrected chi connectivity index (χ2v) is 8.89. The van der Waals surface area contributed by atoms with Crippen molar-refractivity contribution in [3.63, 3.8) is 0 Å². The summed E-state index contributed by atoms with van der Waals surface area (Å²) in [5.41, 5.74) is 4.50. The molecule has 5 heteroatoms. The van der Waals surface area contributed by atoms with E-state index >= 15 is 0 Å². The van der Waals surface area contributed by atoms with E-state index in [2.05, 4.69) is 30.9 Å². The van der Waals surface area contributed by atoms with Crippen LogP contribution in [0.4, 0.5) is 0 Å². The summed E-state index contributed by atoms with van der Waals surface area (Å²) >= 11 is 12.2. The van der Waals surface area contributed by atoms with Gasteiger partial charge in [-0.3, -0.25) is 0 Å². The number of nitrogens with zero attached hydrogens (tertiary/aromatic N) is 1. The number of thiocarbonyl (C=S) groups is 1. The van der Waals surface area contributed by atoms with Crippen molar-refractivity contribution in [3.8, 4) is 11.5 Å². The Morgan fingerprint density at radius 3 is 2.61 bits per heavy atom. The molecule has 0 aromatic heterocycles. The van der Waals surface area contributed by atoms with Crippen molar-refractivity contribution in [2.24, 2.45) is 5.92 Å². The highest BCUT2D eigenvalue weighted by Gasteiger charge is 2.32. The summed E-state index contributed by atoms with van der Waals surface area (Å²) in [7, 11) is 0. The first kappa shape index (κ1) is 20.9. The number of hydrogen-bond donors (Lipinski definition) is 2. The van der Waals surface area contributed by atoms with Gasteiger partial charge in [0.05, 0.1) is 11.0 Å². The third kappa shape index (κ3) is 4.44. The normalized spacial score (nSPS) is 16.3. The Balaban J connectivity index is 1.71. The van der Waals surface area contributed by atoms with Crippen LogP contribution in [0.25, 0.3) is 0 Å². The largest absolute Gasteiger partial charge is 0.504 e. The number of rotatable bonds is 5. The average Bonchev–Trinajstić information content (AvgIpc) is 2.63. The number of aryl methyl sites for hydroxylation is 2. The molecule has 1 heterocycles. The molecule has 0 saturated carbocycles. The zero-order valence-corrected chi connectivity index (χ0v) is 18.3. The van der Waals surface area contributed by atoms with Crippen LogP contribution in [0.15, 0.2) is 30.3 Å². The first-order valence-corrected chi connectivity index (χ1v) is 10.7. The van der Waals surface area contributed by atoms with Gasteiger partial charge in [-0.1, -0.05) is 49.8 Å². The number of benzene rings is 2. The van der Waals surface area contributed by atoms with E-state index in [9.17, 15) is 10.2 Å². The lowest BCUT2D eigenvalue weighted by atomic mass is 9.85. The second-order valence-electron chi connectivity index (χ2n) is 8.01. The molecular formula is C23H28ClNO2S. The molecule has 150 valence electrons. The summed E-state index contributed by atoms with van der Waals surface area (Å²) in [5.74, 6) is 0.228. The van der Waals surface area contributed by atoms with Gasteiger partial charge in [0.1, 0.15) is 0 Å². The Kier molecular flexibility index (Phi) is 6.51. The minimum Gasteiger partial charge on any atom is -0.504 e. The first-order valence-electron chi connectivity index (χ1n) is 9.87. The van der Waals surface area contributed by atoms with Gasteiger partial charge in [0.15, 0.2) is 11.5 Å². The molecule has 2 N–H and O–H groups in total. The van der Waals surface area contributed by atoms with E-state index in [0.717, 1.165) is 53.4 Å². The maximum Gasteiger partial charge on any atom is 0.157 e. The molecule has 0 bridgehead atoms. The SMILES string of the molecule is Cc1ccc(CCCC(=S)N2CCc3cc(O)c(O)cc3C2C(C)C)c(Cl)c1. The lowest BCUT2D eigenvalue weighted by Crippen LogP contribution is -2.41. The van der Waals surface area contributed by atoms with Gasteiger partial charge in [0.2, 0.25) is 0 Å². The first-order chi connectivity index (χ1) is 13.3. The van der Waals surface area contributed by atoms with Crippen molar-refractivity contribution >= 4 is 28.8 Å². The fourth-order valence-electron chi connectivity index (χ4n) is 4.10. The Morgan fingerprint density at radius 2 is 1.93 bits per heavy atom. The molecule has 28 heavy (non-hydrogen) atoms. The van der Waals surface area contributed by atoms with Gasteiger partial charge >= 0.3 is 0 Å². The lowest BCUT2D eigenvalue weighted by molar-refractivity contribution is 0.235. The molecule has 2 aromatic carbocycles. The second kappa shape index (κ2) is 8.71. The molecule has 0 saturated heterocycles. The summed E-state index contributed by atoms with van der Waals surface area (Å²) in [5, 5.41) is 20.7. The van der Waals surface area contributed by atoms with Crippen LogP contribution in [0.1, 0.15) is 55.0 Å². The molecule has 1 unspecified atom stereocenters. The molecule has 3 rings (SSSR count). The van der Waals surface area contributed by atoms with Crippen molar-refractivity contribution in [3.05, 3.63) is 57.6 Å². The fourth-order valence-corrected chi connectivity index (χ4v) is 4.78. The Labute approximate surface area is 178 Å². The van der Waals surface area contributed by atoms with Gasteiger partial charge in [-0.2, -0.15) is 0 Å². The van der Waals surface area contributed by atoms with Crippen molar-refractivity contribution < 1.29 is 10.2 Å². The van der Waals surface area contributed by atoms with Crippen LogP contribution in [0.2, 0.25) is 5.02 Å². The van der Waals surface area contributed by atoms with Crippen LogP contribution >= 0.6 is 23.8 Å². The molecule has 2 aromatic rings. The summed E-state index contributed by atoms with van der Waals surface area (Å²) in [6.07, 6.45) is 3.51. The van der Waals surface area contributed by atoms with E-state index in [0.29, 0.717) is 5.92 Å². The molecule has 3 nitrogen and oxygen atoms in total. The third-order valence-corrected chi connectivity index (χ3v) is 6.30. The average molecular weight is 418 g/mol. The van der Waals surface area contributed by atoms with Crippen LogP contribution in [-0.2, 0) is 12.8 Å². The highest BCUT2D eigenvalue weighted by Crippen LogP contribution is 2.40. The minimum absolute atomic E-state index is 0.0488. The Morgan fingerprint density at radius 1 is 1.21 bits per heavy atom. The van der Waals surface area contributed by atoms with Gasteiger partial charge in [0.25, 0.3) is 0 Å². The van der Waals surface area contributed by atoms with Gasteiger partial charge in [-0.25, -0.2) is 0 Å². The number of aromatic hydroxyl groups is 2. The van der Waals surface area contributed by atoms with Crippen LogP contribution < -0.4 is 0 Å². The van der Waals surface area contributed by atoms with E-state index in [-0.39, 0.29) is 17.5 Å². The number of hydrogen-bond acceptors (Lipinski definition) is 3. The smallest absolute Gasteiger partial charge is 0.157 e. The Hall–Kier alpha value is -1.78. The molecule has 0 radical (unpaired) electrons. The van der Waals surface area contributed by atoms with Crippen molar-refractivity contribution in [2.45, 2.75) is 52.5 Å². The van der Waals surface area contributed by atoms with Crippen molar-refractivity contribution in [1.29, 1.82) is 0 Å². The van der Waals surface area contributed by atoms with Gasteiger partial charge < -0.3 is 15.1 Å². The van der Waals surface area contributed by atoms with Crippen molar-refractivity contribution in [1.82, 2.24) is 4.90 Å². The van der Waals surface area contributed by atoms with Crippen molar-refractivity contribution in [2.75, 3.05) is 6.54 Å². The van der Waals surface area contributed by atoms with E-state index in [4.69, 9.17) is 23.8 Å². The summed E-state index contributed by atoms with van der Waals surface area (Å²) < 4.78 is 0. The molecule has 1 atom stereocenters. The molecular weight excluding hydrogens is 390 g/mol. The van der Waals surface area contributed by atoms with E-state index in [1.807, 2.05) is 13.0 Å². The topological polar surface area (TPSA) is 43.7 Å².